The number of nitrogens with one attached hydrogen (secondary N) is 1. The van der Waals surface area contributed by atoms with Gasteiger partial charge in [0.1, 0.15) is 5.02 Å². The molecule has 1 saturated heterocycles. The molecule has 0 saturated carbocycles. The summed E-state index contributed by atoms with van der Waals surface area (Å²) >= 11 is 6.11. The molecule has 0 bridgehead atoms. The molecule has 1 aliphatic heterocycles. The number of nitro groups is 1. The lowest BCUT2D eigenvalue weighted by Gasteiger charge is -2.36. The van der Waals surface area contributed by atoms with Gasteiger partial charge in [0.2, 0.25) is 0 Å². The van der Waals surface area contributed by atoms with Crippen molar-refractivity contribution in [2.45, 2.75) is 32.5 Å². The topological polar surface area (TPSA) is 58.4 Å². The van der Waals surface area contributed by atoms with E-state index >= 15 is 0 Å². The van der Waals surface area contributed by atoms with E-state index in [1.807, 2.05) is 6.07 Å². The first kappa shape index (κ1) is 14.2. The summed E-state index contributed by atoms with van der Waals surface area (Å²) in [6.07, 6.45) is 0. The van der Waals surface area contributed by atoms with Gasteiger partial charge in [0.05, 0.1) is 4.92 Å². The van der Waals surface area contributed by atoms with E-state index in [1.165, 1.54) is 6.07 Å². The van der Waals surface area contributed by atoms with Crippen molar-refractivity contribution in [3.63, 3.8) is 0 Å². The number of nitrogens with zero attached hydrogens (tertiary/aromatic N) is 2. The molecule has 0 aromatic heterocycles. The smallest absolute Gasteiger partial charge is 0.288 e. The largest absolute Gasteiger partial charge is 0.309 e. The summed E-state index contributed by atoms with van der Waals surface area (Å²) in [7, 11) is 0. The monoisotopic (exact) mass is 283 g/mol. The normalized spacial score (nSPS) is 24.4. The molecule has 5 nitrogen and oxygen atoms in total. The molecule has 0 amide bonds. The van der Waals surface area contributed by atoms with Crippen LogP contribution in [0.25, 0.3) is 0 Å². The zero-order chi connectivity index (χ0) is 14.0. The Morgan fingerprint density at radius 1 is 1.42 bits per heavy atom. The molecule has 2 unspecified atom stereocenters. The maximum absolute atomic E-state index is 10.9. The molecule has 19 heavy (non-hydrogen) atoms. The maximum atomic E-state index is 10.9. The highest BCUT2D eigenvalue weighted by molar-refractivity contribution is 6.33. The van der Waals surface area contributed by atoms with Crippen molar-refractivity contribution in [2.75, 3.05) is 13.1 Å². The van der Waals surface area contributed by atoms with Gasteiger partial charge in [0, 0.05) is 37.8 Å². The lowest BCUT2D eigenvalue weighted by molar-refractivity contribution is -0.384. The Morgan fingerprint density at radius 3 is 2.63 bits per heavy atom. The molecule has 104 valence electrons. The Morgan fingerprint density at radius 2 is 2.05 bits per heavy atom. The number of rotatable bonds is 3. The second-order valence-electron chi connectivity index (χ2n) is 5.17. The minimum absolute atomic E-state index is 0.0181. The van der Waals surface area contributed by atoms with Crippen molar-refractivity contribution in [1.82, 2.24) is 10.2 Å². The highest BCUT2D eigenvalue weighted by atomic mass is 35.5. The average molecular weight is 284 g/mol. The molecular weight excluding hydrogens is 266 g/mol. The summed E-state index contributed by atoms with van der Waals surface area (Å²) < 4.78 is 0. The quantitative estimate of drug-likeness (QED) is 0.684. The van der Waals surface area contributed by atoms with Crippen LogP contribution in [0.1, 0.15) is 19.4 Å². The highest BCUT2D eigenvalue weighted by Crippen LogP contribution is 2.28. The van der Waals surface area contributed by atoms with Gasteiger partial charge < -0.3 is 5.32 Å². The highest BCUT2D eigenvalue weighted by Gasteiger charge is 2.23. The number of benzene rings is 1. The first-order chi connectivity index (χ1) is 8.97. The van der Waals surface area contributed by atoms with Gasteiger partial charge in [-0.3, -0.25) is 15.0 Å². The van der Waals surface area contributed by atoms with E-state index in [9.17, 15) is 10.1 Å². The number of hydrogen-bond donors (Lipinski definition) is 1. The Bertz CT molecular complexity index is 471. The number of nitro benzene ring substituents is 1. The van der Waals surface area contributed by atoms with Crippen molar-refractivity contribution in [3.8, 4) is 0 Å². The molecule has 0 spiro atoms. The van der Waals surface area contributed by atoms with Gasteiger partial charge in [0.25, 0.3) is 5.69 Å². The van der Waals surface area contributed by atoms with Gasteiger partial charge >= 0.3 is 0 Å². The third-order valence-corrected chi connectivity index (χ3v) is 3.72. The molecule has 2 atom stereocenters. The van der Waals surface area contributed by atoms with Crippen LogP contribution >= 0.6 is 11.6 Å². The standard InChI is InChI=1S/C13H18ClN3O2/c1-9-6-16(7-10(2)15-9)8-11-4-3-5-12(13(11)14)17(18)19/h3-5,9-10,15H,6-8H2,1-2H3. The summed E-state index contributed by atoms with van der Waals surface area (Å²) in [6.45, 7) is 6.76. The van der Waals surface area contributed by atoms with Crippen LogP contribution in [-0.4, -0.2) is 35.0 Å². The second kappa shape index (κ2) is 5.86. The van der Waals surface area contributed by atoms with Gasteiger partial charge in [-0.05, 0) is 19.4 Å². The first-order valence-corrected chi connectivity index (χ1v) is 6.75. The number of halogens is 1. The third-order valence-electron chi connectivity index (χ3n) is 3.28. The predicted molar refractivity (Wildman–Crippen MR) is 75.4 cm³/mol. The molecule has 0 radical (unpaired) electrons. The van der Waals surface area contributed by atoms with Crippen LogP contribution in [0.5, 0.6) is 0 Å². The fourth-order valence-electron chi connectivity index (χ4n) is 2.64. The molecule has 1 aliphatic rings. The molecule has 1 aromatic carbocycles. The van der Waals surface area contributed by atoms with Crippen LogP contribution < -0.4 is 5.32 Å². The van der Waals surface area contributed by atoms with Crippen molar-refractivity contribution in [3.05, 3.63) is 38.9 Å². The van der Waals surface area contributed by atoms with Crippen molar-refractivity contribution in [1.29, 1.82) is 0 Å². The summed E-state index contributed by atoms with van der Waals surface area (Å²) in [4.78, 5) is 12.7. The van der Waals surface area contributed by atoms with Crippen LogP contribution in [0.2, 0.25) is 5.02 Å². The van der Waals surface area contributed by atoms with Gasteiger partial charge in [-0.25, -0.2) is 0 Å². The molecule has 1 N–H and O–H groups in total. The molecule has 0 aliphatic carbocycles. The first-order valence-electron chi connectivity index (χ1n) is 6.37. The second-order valence-corrected chi connectivity index (χ2v) is 5.55. The summed E-state index contributed by atoms with van der Waals surface area (Å²) in [5.41, 5.74) is 0.799. The van der Waals surface area contributed by atoms with E-state index in [1.54, 1.807) is 6.07 Å². The SMILES string of the molecule is CC1CN(Cc2cccc([N+](=O)[O-])c2Cl)CC(C)N1. The fraction of sp³-hybridized carbons (Fsp3) is 0.538. The average Bonchev–Trinajstić information content (AvgIpc) is 2.30. The zero-order valence-electron chi connectivity index (χ0n) is 11.1. The Labute approximate surface area is 117 Å². The van der Waals surface area contributed by atoms with Crippen LogP contribution in [0.4, 0.5) is 5.69 Å². The van der Waals surface area contributed by atoms with E-state index < -0.39 is 4.92 Å². The van der Waals surface area contributed by atoms with E-state index in [4.69, 9.17) is 11.6 Å². The van der Waals surface area contributed by atoms with E-state index in [2.05, 4.69) is 24.1 Å². The van der Waals surface area contributed by atoms with Gasteiger partial charge in [-0.1, -0.05) is 23.7 Å². The lowest BCUT2D eigenvalue weighted by Crippen LogP contribution is -2.53. The van der Waals surface area contributed by atoms with Gasteiger partial charge in [0.15, 0.2) is 0 Å². The summed E-state index contributed by atoms with van der Waals surface area (Å²) in [5, 5.41) is 14.6. The van der Waals surface area contributed by atoms with Gasteiger partial charge in [-0.2, -0.15) is 0 Å². The molecule has 1 fully saturated rings. The Hall–Kier alpha value is -1.17. The summed E-state index contributed by atoms with van der Waals surface area (Å²) in [5.74, 6) is 0. The fourth-order valence-corrected chi connectivity index (χ4v) is 2.89. The summed E-state index contributed by atoms with van der Waals surface area (Å²) in [6, 6.07) is 5.82. The third kappa shape index (κ3) is 3.43. The van der Waals surface area contributed by atoms with Crippen LogP contribution in [0.3, 0.4) is 0 Å². The van der Waals surface area contributed by atoms with Crippen LogP contribution in [0, 0.1) is 10.1 Å². The molecule has 1 heterocycles. The lowest BCUT2D eigenvalue weighted by atomic mass is 10.1. The van der Waals surface area contributed by atoms with Crippen molar-refractivity contribution >= 4 is 17.3 Å². The van der Waals surface area contributed by atoms with E-state index in [0.29, 0.717) is 18.6 Å². The van der Waals surface area contributed by atoms with Crippen LogP contribution in [-0.2, 0) is 6.54 Å². The molecule has 6 heteroatoms. The van der Waals surface area contributed by atoms with Gasteiger partial charge in [-0.15, -0.1) is 0 Å². The number of piperazine rings is 1. The molecule has 2 rings (SSSR count). The van der Waals surface area contributed by atoms with E-state index in [-0.39, 0.29) is 10.7 Å². The number of hydrogen-bond acceptors (Lipinski definition) is 4. The van der Waals surface area contributed by atoms with Crippen molar-refractivity contribution in [2.24, 2.45) is 0 Å². The molecule has 1 aromatic rings. The minimum Gasteiger partial charge on any atom is -0.309 e. The predicted octanol–water partition coefficient (Wildman–Crippen LogP) is 2.43. The maximum Gasteiger partial charge on any atom is 0.288 e. The molecular formula is C13H18ClN3O2. The van der Waals surface area contributed by atoms with Crippen molar-refractivity contribution < 1.29 is 4.92 Å². The van der Waals surface area contributed by atoms with E-state index in [0.717, 1.165) is 18.7 Å². The minimum atomic E-state index is -0.436. The Kier molecular flexibility index (Phi) is 4.39. The zero-order valence-corrected chi connectivity index (χ0v) is 11.9. The van der Waals surface area contributed by atoms with Crippen LogP contribution in [0.15, 0.2) is 18.2 Å². The Balaban J connectivity index is 2.15.